The predicted molar refractivity (Wildman–Crippen MR) is 189 cm³/mol. The Morgan fingerprint density at radius 3 is 2.27 bits per heavy atom. The first-order valence-electron chi connectivity index (χ1n) is 18.7. The maximum absolute atomic E-state index is 15.3. The first kappa shape index (κ1) is 31.6. The highest BCUT2D eigenvalue weighted by Crippen LogP contribution is 2.67. The van der Waals surface area contributed by atoms with Crippen LogP contribution in [0.25, 0.3) is 22.2 Å². The number of methoxy groups -OCH3 is 1. The van der Waals surface area contributed by atoms with Crippen molar-refractivity contribution in [1.29, 1.82) is 0 Å². The number of benzene rings is 2. The van der Waals surface area contributed by atoms with Gasteiger partial charge in [0.05, 0.1) is 23.6 Å². The Hall–Kier alpha value is -3.37. The average molecular weight is 685 g/mol. The molecule has 9 nitrogen and oxygen atoms in total. The second-order valence-corrected chi connectivity index (χ2v) is 17.8. The van der Waals surface area contributed by atoms with E-state index in [1.165, 1.54) is 30.4 Å². The SMILES string of the molecule is COc1ccc2c(c1)C1CC1(C(=O)N1C3CCC1CN(C)C3)n1c-2c(C2CCCCC2)c2ccc(C(=O)NS(=O)(=O)C3CCCCC3)cc21. The van der Waals surface area contributed by atoms with Gasteiger partial charge in [0, 0.05) is 47.6 Å². The zero-order valence-electron chi connectivity index (χ0n) is 28.7. The molecule has 9 rings (SSSR count). The second-order valence-electron chi connectivity index (χ2n) is 15.9. The van der Waals surface area contributed by atoms with Gasteiger partial charge in [0.1, 0.15) is 11.3 Å². The predicted octanol–water partition coefficient (Wildman–Crippen LogP) is 6.26. The number of carbonyl (C=O) groups excluding carboxylic acids is 2. The number of fused-ring (bicyclic) bond motifs is 10. The van der Waals surface area contributed by atoms with Crippen molar-refractivity contribution in [2.24, 2.45) is 0 Å². The van der Waals surface area contributed by atoms with Gasteiger partial charge in [0.15, 0.2) is 0 Å². The molecule has 0 spiro atoms. The molecule has 1 aromatic heterocycles. The van der Waals surface area contributed by atoms with Crippen LogP contribution in [0.5, 0.6) is 5.75 Å². The molecule has 6 aliphatic rings. The van der Waals surface area contributed by atoms with Crippen molar-refractivity contribution < 1.29 is 22.7 Å². The number of ether oxygens (including phenoxy) is 1. The molecule has 10 heteroatoms. The van der Waals surface area contributed by atoms with Crippen LogP contribution in [0.1, 0.15) is 117 Å². The highest BCUT2D eigenvalue weighted by molar-refractivity contribution is 7.90. The number of carbonyl (C=O) groups is 2. The smallest absolute Gasteiger partial charge is 0.264 e. The minimum absolute atomic E-state index is 0.00405. The Kier molecular flexibility index (Phi) is 7.47. The summed E-state index contributed by atoms with van der Waals surface area (Å²) < 4.78 is 37.2. The fourth-order valence-corrected chi connectivity index (χ4v) is 12.1. The Balaban J connectivity index is 1.23. The fraction of sp³-hybridized carbons (Fsp3) is 0.590. The Morgan fingerprint density at radius 2 is 1.57 bits per heavy atom. The van der Waals surface area contributed by atoms with E-state index in [0.29, 0.717) is 30.7 Å². The van der Waals surface area contributed by atoms with E-state index >= 15 is 4.79 Å². The monoisotopic (exact) mass is 684 g/mol. The molecule has 1 N–H and O–H groups in total. The molecular weight excluding hydrogens is 637 g/mol. The zero-order valence-corrected chi connectivity index (χ0v) is 29.6. The van der Waals surface area contributed by atoms with Crippen molar-refractivity contribution in [2.75, 3.05) is 27.2 Å². The van der Waals surface area contributed by atoms with Crippen molar-refractivity contribution in [3.63, 3.8) is 0 Å². The molecule has 260 valence electrons. The van der Waals surface area contributed by atoms with Crippen molar-refractivity contribution >= 4 is 32.7 Å². The molecule has 2 amide bonds. The van der Waals surface area contributed by atoms with E-state index in [1.807, 2.05) is 18.2 Å². The van der Waals surface area contributed by atoms with Crippen LogP contribution in [0.15, 0.2) is 36.4 Å². The van der Waals surface area contributed by atoms with Gasteiger partial charge in [-0.15, -0.1) is 0 Å². The molecule has 5 fully saturated rings. The number of rotatable bonds is 6. The minimum Gasteiger partial charge on any atom is -0.497 e. The normalized spacial score (nSPS) is 28.5. The first-order chi connectivity index (χ1) is 23.7. The van der Waals surface area contributed by atoms with Crippen molar-refractivity contribution in [3.8, 4) is 17.0 Å². The van der Waals surface area contributed by atoms with Crippen LogP contribution in [-0.2, 0) is 20.4 Å². The number of amides is 2. The summed E-state index contributed by atoms with van der Waals surface area (Å²) in [5.41, 5.74) is 5.12. The van der Waals surface area contributed by atoms with Gasteiger partial charge in [-0.2, -0.15) is 0 Å². The maximum Gasteiger partial charge on any atom is 0.264 e. The summed E-state index contributed by atoms with van der Waals surface area (Å²) in [7, 11) is 0.0587. The van der Waals surface area contributed by atoms with Gasteiger partial charge in [-0.3, -0.25) is 9.59 Å². The molecule has 2 aromatic carbocycles. The lowest BCUT2D eigenvalue weighted by atomic mass is 9.80. The Bertz CT molecular complexity index is 1940. The molecule has 4 atom stereocenters. The highest BCUT2D eigenvalue weighted by Gasteiger charge is 2.68. The molecule has 2 bridgehead atoms. The Morgan fingerprint density at radius 1 is 0.878 bits per heavy atom. The van der Waals surface area contributed by atoms with Crippen LogP contribution < -0.4 is 9.46 Å². The summed E-state index contributed by atoms with van der Waals surface area (Å²) >= 11 is 0. The van der Waals surface area contributed by atoms with Crippen molar-refractivity contribution in [3.05, 3.63) is 53.1 Å². The van der Waals surface area contributed by atoms with Crippen LogP contribution in [0.3, 0.4) is 0 Å². The quantitative estimate of drug-likeness (QED) is 0.329. The van der Waals surface area contributed by atoms with Gasteiger partial charge >= 0.3 is 0 Å². The summed E-state index contributed by atoms with van der Waals surface area (Å²) in [5.74, 6) is 0.753. The van der Waals surface area contributed by atoms with E-state index in [0.717, 1.165) is 85.9 Å². The van der Waals surface area contributed by atoms with Crippen molar-refractivity contribution in [1.82, 2.24) is 19.1 Å². The van der Waals surface area contributed by atoms with Gasteiger partial charge < -0.3 is 19.1 Å². The molecule has 49 heavy (non-hydrogen) atoms. The van der Waals surface area contributed by atoms with Gasteiger partial charge in [0.2, 0.25) is 15.9 Å². The van der Waals surface area contributed by atoms with E-state index in [9.17, 15) is 13.2 Å². The number of likely N-dealkylation sites (N-methyl/N-ethyl adjacent to an activating group) is 1. The number of sulfonamides is 1. The summed E-state index contributed by atoms with van der Waals surface area (Å²) in [4.78, 5) is 33.7. The summed E-state index contributed by atoms with van der Waals surface area (Å²) in [6.45, 7) is 1.78. The van der Waals surface area contributed by atoms with Crippen LogP contribution in [0, 0.1) is 0 Å². The van der Waals surface area contributed by atoms with Gasteiger partial charge in [-0.1, -0.05) is 44.6 Å². The van der Waals surface area contributed by atoms with Crippen LogP contribution in [0.4, 0.5) is 0 Å². The fourth-order valence-electron chi connectivity index (χ4n) is 10.6. The second kappa shape index (κ2) is 11.6. The van der Waals surface area contributed by atoms with Crippen LogP contribution >= 0.6 is 0 Å². The highest BCUT2D eigenvalue weighted by atomic mass is 32.2. The number of aromatic nitrogens is 1. The lowest BCUT2D eigenvalue weighted by Crippen LogP contribution is -2.58. The van der Waals surface area contributed by atoms with Crippen molar-refractivity contribution in [2.45, 2.75) is 118 Å². The zero-order chi connectivity index (χ0) is 33.7. The minimum atomic E-state index is -3.80. The molecule has 3 aromatic rings. The maximum atomic E-state index is 15.3. The largest absolute Gasteiger partial charge is 0.497 e. The molecular formula is C39H48N4O5S. The molecule has 4 heterocycles. The van der Waals surface area contributed by atoms with E-state index in [1.54, 1.807) is 13.2 Å². The molecule has 3 aliphatic carbocycles. The number of nitrogens with zero attached hydrogens (tertiary/aromatic N) is 3. The molecule has 0 radical (unpaired) electrons. The third-order valence-corrected chi connectivity index (χ3v) is 14.8. The third kappa shape index (κ3) is 4.83. The molecule has 3 saturated carbocycles. The number of nitrogens with one attached hydrogen (secondary N) is 1. The number of likely N-dealkylation sites (tertiary alicyclic amines) is 1. The van der Waals surface area contributed by atoms with E-state index < -0.39 is 26.7 Å². The summed E-state index contributed by atoms with van der Waals surface area (Å²) in [6, 6.07) is 12.5. The van der Waals surface area contributed by atoms with Crippen LogP contribution in [-0.4, -0.2) is 79.2 Å². The number of hydrogen-bond acceptors (Lipinski definition) is 6. The molecule has 2 saturated heterocycles. The summed E-state index contributed by atoms with van der Waals surface area (Å²) in [6.07, 6.45) is 12.4. The third-order valence-electron chi connectivity index (χ3n) is 13.0. The first-order valence-corrected chi connectivity index (χ1v) is 20.2. The molecule has 4 unspecified atom stereocenters. The summed E-state index contributed by atoms with van der Waals surface area (Å²) in [5, 5.41) is 0.546. The standard InChI is InChI=1S/C39H48N4O5S/c1-41-22-26-14-15-27(23-41)42(26)38(45)39-21-33(39)32-20-28(48-2)16-18-30(32)36-35(24-9-5-3-6-10-24)31-17-13-25(19-34(31)43(36)39)37(44)40-49(46,47)29-11-7-4-8-12-29/h13,16-20,24,26-27,29,33H,3-12,14-15,21-23H2,1-2H3,(H,40,44). The van der Waals surface area contributed by atoms with E-state index in [2.05, 4.69) is 38.3 Å². The number of piperazine rings is 1. The van der Waals surface area contributed by atoms with E-state index in [4.69, 9.17) is 4.74 Å². The average Bonchev–Trinajstić information content (AvgIpc) is 3.70. The molecule has 3 aliphatic heterocycles. The number of hydrogen-bond donors (Lipinski definition) is 1. The van der Waals surface area contributed by atoms with Crippen LogP contribution in [0.2, 0.25) is 0 Å². The lowest BCUT2D eigenvalue weighted by Gasteiger charge is -2.43. The topological polar surface area (TPSA) is 101 Å². The van der Waals surface area contributed by atoms with Gasteiger partial charge in [-0.25, -0.2) is 13.1 Å². The Labute approximate surface area is 289 Å². The van der Waals surface area contributed by atoms with Gasteiger partial charge in [-0.05, 0) is 99.4 Å². The lowest BCUT2D eigenvalue weighted by molar-refractivity contribution is -0.142. The van der Waals surface area contributed by atoms with E-state index in [-0.39, 0.29) is 23.9 Å². The van der Waals surface area contributed by atoms with Gasteiger partial charge in [0.25, 0.3) is 5.91 Å².